The first-order chi connectivity index (χ1) is 8.31. The lowest BCUT2D eigenvalue weighted by atomic mass is 10.1. The van der Waals surface area contributed by atoms with Gasteiger partial charge in [-0.25, -0.2) is 0 Å². The quantitative estimate of drug-likeness (QED) is 0.706. The average molecular weight is 233 g/mol. The van der Waals surface area contributed by atoms with Crippen LogP contribution in [0.3, 0.4) is 0 Å². The van der Waals surface area contributed by atoms with Gasteiger partial charge in [0.2, 0.25) is 0 Å². The lowest BCUT2D eigenvalue weighted by Gasteiger charge is -2.39. The molecule has 0 atom stereocenters. The molecule has 2 rings (SSSR count). The lowest BCUT2D eigenvalue weighted by molar-refractivity contribution is 0.0193. The van der Waals surface area contributed by atoms with E-state index in [2.05, 4.69) is 11.8 Å². The van der Waals surface area contributed by atoms with E-state index >= 15 is 0 Å². The number of nitrogens with zero attached hydrogens (tertiary/aromatic N) is 1. The van der Waals surface area contributed by atoms with E-state index in [1.165, 1.54) is 19.4 Å². The molecule has 0 unspecified atom stereocenters. The second-order valence-corrected chi connectivity index (χ2v) is 4.54. The molecule has 92 valence electrons. The molecule has 0 saturated carbocycles. The Morgan fingerprint density at radius 2 is 2.06 bits per heavy atom. The maximum Gasteiger partial charge on any atom is 0.150 e. The molecule has 0 aromatic heterocycles. The SMILES string of the molecule is CCCCN1CC(Oc2ccc(C=O)cc2)C1. The van der Waals surface area contributed by atoms with Crippen LogP contribution in [0, 0.1) is 0 Å². The molecule has 0 amide bonds. The summed E-state index contributed by atoms with van der Waals surface area (Å²) in [6, 6.07) is 7.29. The van der Waals surface area contributed by atoms with Crippen molar-refractivity contribution in [1.29, 1.82) is 0 Å². The molecule has 3 heteroatoms. The fourth-order valence-corrected chi connectivity index (χ4v) is 1.98. The number of aldehydes is 1. The van der Waals surface area contributed by atoms with E-state index in [0.717, 1.165) is 25.1 Å². The van der Waals surface area contributed by atoms with Crippen molar-refractivity contribution in [3.8, 4) is 5.75 Å². The van der Waals surface area contributed by atoms with Crippen molar-refractivity contribution in [1.82, 2.24) is 4.90 Å². The first-order valence-corrected chi connectivity index (χ1v) is 6.26. The first-order valence-electron chi connectivity index (χ1n) is 6.26. The van der Waals surface area contributed by atoms with Crippen molar-refractivity contribution in [3.63, 3.8) is 0 Å². The number of carbonyl (C=O) groups excluding carboxylic acids is 1. The van der Waals surface area contributed by atoms with E-state index in [1.54, 1.807) is 12.1 Å². The van der Waals surface area contributed by atoms with Gasteiger partial charge in [-0.15, -0.1) is 0 Å². The van der Waals surface area contributed by atoms with Crippen LogP contribution < -0.4 is 4.74 Å². The molecule has 1 aromatic carbocycles. The minimum atomic E-state index is 0.314. The average Bonchev–Trinajstić information content (AvgIpc) is 2.32. The van der Waals surface area contributed by atoms with Gasteiger partial charge >= 0.3 is 0 Å². The largest absolute Gasteiger partial charge is 0.488 e. The normalized spacial score (nSPS) is 16.5. The van der Waals surface area contributed by atoms with Gasteiger partial charge in [-0.1, -0.05) is 13.3 Å². The van der Waals surface area contributed by atoms with Crippen molar-refractivity contribution in [3.05, 3.63) is 29.8 Å². The van der Waals surface area contributed by atoms with Crippen LogP contribution in [0.15, 0.2) is 24.3 Å². The standard InChI is InChI=1S/C14H19NO2/c1-2-3-8-15-9-14(10-15)17-13-6-4-12(11-16)5-7-13/h4-7,11,14H,2-3,8-10H2,1H3. The molecule has 1 fully saturated rings. The van der Waals surface area contributed by atoms with Gasteiger partial charge in [-0.2, -0.15) is 0 Å². The summed E-state index contributed by atoms with van der Waals surface area (Å²) in [5, 5.41) is 0. The van der Waals surface area contributed by atoms with Gasteiger partial charge in [-0.3, -0.25) is 9.69 Å². The second kappa shape index (κ2) is 5.82. The third kappa shape index (κ3) is 3.30. The van der Waals surface area contributed by atoms with Crippen LogP contribution in [0.1, 0.15) is 30.1 Å². The minimum absolute atomic E-state index is 0.314. The van der Waals surface area contributed by atoms with Crippen molar-refractivity contribution in [2.75, 3.05) is 19.6 Å². The van der Waals surface area contributed by atoms with Gasteiger partial charge in [0.25, 0.3) is 0 Å². The van der Waals surface area contributed by atoms with Gasteiger partial charge in [0, 0.05) is 18.7 Å². The summed E-state index contributed by atoms with van der Waals surface area (Å²) in [5.41, 5.74) is 0.690. The van der Waals surface area contributed by atoms with Gasteiger partial charge in [0.05, 0.1) is 0 Å². The van der Waals surface area contributed by atoms with Crippen LogP contribution in [-0.4, -0.2) is 36.9 Å². The van der Waals surface area contributed by atoms with Crippen LogP contribution >= 0.6 is 0 Å². The molecule has 3 nitrogen and oxygen atoms in total. The molecule has 0 N–H and O–H groups in total. The zero-order valence-corrected chi connectivity index (χ0v) is 10.3. The number of likely N-dealkylation sites (tertiary alicyclic amines) is 1. The Balaban J connectivity index is 1.73. The van der Waals surface area contributed by atoms with Gasteiger partial charge < -0.3 is 4.74 Å². The topological polar surface area (TPSA) is 29.5 Å². The van der Waals surface area contributed by atoms with E-state index < -0.39 is 0 Å². The summed E-state index contributed by atoms with van der Waals surface area (Å²) in [6.45, 7) is 5.44. The Bertz CT molecular complexity index is 355. The molecule has 0 radical (unpaired) electrons. The Hall–Kier alpha value is -1.35. The number of benzene rings is 1. The van der Waals surface area contributed by atoms with Crippen LogP contribution in [0.25, 0.3) is 0 Å². The number of hydrogen-bond donors (Lipinski definition) is 0. The van der Waals surface area contributed by atoms with Crippen molar-refractivity contribution < 1.29 is 9.53 Å². The van der Waals surface area contributed by atoms with Crippen molar-refractivity contribution in [2.45, 2.75) is 25.9 Å². The molecule has 17 heavy (non-hydrogen) atoms. The highest BCUT2D eigenvalue weighted by Gasteiger charge is 2.27. The van der Waals surface area contributed by atoms with E-state index in [9.17, 15) is 4.79 Å². The Labute approximate surface area is 102 Å². The zero-order chi connectivity index (χ0) is 12.1. The van der Waals surface area contributed by atoms with Crippen LogP contribution in [0.5, 0.6) is 5.75 Å². The van der Waals surface area contributed by atoms with Crippen LogP contribution in [0.4, 0.5) is 0 Å². The van der Waals surface area contributed by atoms with Gasteiger partial charge in [-0.05, 0) is 37.2 Å². The monoisotopic (exact) mass is 233 g/mol. The number of hydrogen-bond acceptors (Lipinski definition) is 3. The predicted molar refractivity (Wildman–Crippen MR) is 67.6 cm³/mol. The van der Waals surface area contributed by atoms with Crippen molar-refractivity contribution in [2.24, 2.45) is 0 Å². The first kappa shape index (κ1) is 12.1. The van der Waals surface area contributed by atoms with Crippen LogP contribution in [-0.2, 0) is 0 Å². The predicted octanol–water partition coefficient (Wildman–Crippen LogP) is 2.36. The summed E-state index contributed by atoms with van der Waals surface area (Å²) in [7, 11) is 0. The molecule has 1 aliphatic rings. The summed E-state index contributed by atoms with van der Waals surface area (Å²) in [4.78, 5) is 12.9. The molecule has 1 aromatic rings. The summed E-state index contributed by atoms with van der Waals surface area (Å²) >= 11 is 0. The molecule has 0 bridgehead atoms. The molecule has 0 spiro atoms. The minimum Gasteiger partial charge on any atom is -0.488 e. The van der Waals surface area contributed by atoms with E-state index in [1.807, 2.05) is 12.1 Å². The molecular formula is C14H19NO2. The molecule has 1 saturated heterocycles. The molecule has 1 aliphatic heterocycles. The number of unbranched alkanes of at least 4 members (excludes halogenated alkanes) is 1. The van der Waals surface area contributed by atoms with Crippen molar-refractivity contribution >= 4 is 6.29 Å². The fourth-order valence-electron chi connectivity index (χ4n) is 1.98. The van der Waals surface area contributed by atoms with Crippen LogP contribution in [0.2, 0.25) is 0 Å². The smallest absolute Gasteiger partial charge is 0.150 e. The Kier molecular flexibility index (Phi) is 4.15. The number of rotatable bonds is 6. The summed E-state index contributed by atoms with van der Waals surface area (Å²) in [5.74, 6) is 0.857. The highest BCUT2D eigenvalue weighted by molar-refractivity contribution is 5.74. The summed E-state index contributed by atoms with van der Waals surface area (Å²) in [6.07, 6.45) is 3.67. The summed E-state index contributed by atoms with van der Waals surface area (Å²) < 4.78 is 5.80. The molecule has 1 heterocycles. The maximum atomic E-state index is 10.5. The zero-order valence-electron chi connectivity index (χ0n) is 10.3. The van der Waals surface area contributed by atoms with Gasteiger partial charge in [0.15, 0.2) is 0 Å². The highest BCUT2D eigenvalue weighted by Crippen LogP contribution is 2.18. The van der Waals surface area contributed by atoms with E-state index in [4.69, 9.17) is 4.74 Å². The maximum absolute atomic E-state index is 10.5. The Morgan fingerprint density at radius 3 is 2.65 bits per heavy atom. The molecular weight excluding hydrogens is 214 g/mol. The third-order valence-corrected chi connectivity index (χ3v) is 3.07. The van der Waals surface area contributed by atoms with E-state index in [-0.39, 0.29) is 0 Å². The second-order valence-electron chi connectivity index (χ2n) is 4.54. The fraction of sp³-hybridized carbons (Fsp3) is 0.500. The Morgan fingerprint density at radius 1 is 1.35 bits per heavy atom. The van der Waals surface area contributed by atoms with E-state index in [0.29, 0.717) is 11.7 Å². The number of ether oxygens (including phenoxy) is 1. The van der Waals surface area contributed by atoms with Gasteiger partial charge in [0.1, 0.15) is 18.1 Å². The lowest BCUT2D eigenvalue weighted by Crippen LogP contribution is -2.53. The number of carbonyl (C=O) groups is 1. The highest BCUT2D eigenvalue weighted by atomic mass is 16.5. The molecule has 0 aliphatic carbocycles. The third-order valence-electron chi connectivity index (χ3n) is 3.07.